The van der Waals surface area contributed by atoms with Crippen LogP contribution < -0.4 is 0 Å². The highest BCUT2D eigenvalue weighted by molar-refractivity contribution is 9.10. The summed E-state index contributed by atoms with van der Waals surface area (Å²) in [6.45, 7) is 1.90. The van der Waals surface area contributed by atoms with Crippen LogP contribution in [0.25, 0.3) is 0 Å². The highest BCUT2D eigenvalue weighted by Gasteiger charge is 2.31. The topological polar surface area (TPSA) is 29.5 Å². The van der Waals surface area contributed by atoms with E-state index in [1.165, 1.54) is 5.56 Å². The van der Waals surface area contributed by atoms with Gasteiger partial charge in [-0.05, 0) is 35.6 Å². The smallest absolute Gasteiger partial charge is 0.410 e. The van der Waals surface area contributed by atoms with E-state index in [4.69, 9.17) is 4.74 Å². The van der Waals surface area contributed by atoms with Crippen molar-refractivity contribution in [3.8, 4) is 0 Å². The molecule has 0 spiro atoms. The normalized spacial score (nSPS) is 14.5. The van der Waals surface area contributed by atoms with E-state index in [0.717, 1.165) is 29.5 Å². The largest absolute Gasteiger partial charge is 0.445 e. The van der Waals surface area contributed by atoms with Crippen LogP contribution in [0.3, 0.4) is 0 Å². The molecule has 4 heteroatoms. The third kappa shape index (κ3) is 3.89. The maximum atomic E-state index is 11.9. The van der Waals surface area contributed by atoms with Crippen LogP contribution in [0.2, 0.25) is 0 Å². The minimum atomic E-state index is -0.212. The maximum Gasteiger partial charge on any atom is 0.410 e. The van der Waals surface area contributed by atoms with E-state index in [2.05, 4.69) is 40.2 Å². The van der Waals surface area contributed by atoms with Crippen LogP contribution >= 0.6 is 15.9 Å². The predicted molar refractivity (Wildman–Crippen MR) is 89.5 cm³/mol. The Bertz CT molecular complexity index is 621. The summed E-state index contributed by atoms with van der Waals surface area (Å²) in [5.41, 5.74) is 2.33. The second-order valence-corrected chi connectivity index (χ2v) is 6.56. The van der Waals surface area contributed by atoms with E-state index in [1.54, 1.807) is 4.90 Å². The highest BCUT2D eigenvalue weighted by Crippen LogP contribution is 2.22. The molecule has 0 saturated carbocycles. The molecule has 114 valence electrons. The zero-order chi connectivity index (χ0) is 15.4. The summed E-state index contributed by atoms with van der Waals surface area (Å²) in [5.74, 6) is 0.533. The first-order valence-electron chi connectivity index (χ1n) is 7.41. The molecule has 1 heterocycles. The standard InChI is InChI=1S/C18H18BrNO2/c19-17-8-6-14(7-9-17)10-16-11-20(12-16)18(21)22-13-15-4-2-1-3-5-15/h1-9,16H,10-13H2. The van der Waals surface area contributed by atoms with Crippen LogP contribution in [-0.4, -0.2) is 24.1 Å². The van der Waals surface area contributed by atoms with Crippen LogP contribution in [0.15, 0.2) is 59.1 Å². The summed E-state index contributed by atoms with van der Waals surface area (Å²) in [6, 6.07) is 18.1. The van der Waals surface area contributed by atoms with Gasteiger partial charge in [0.25, 0.3) is 0 Å². The van der Waals surface area contributed by atoms with E-state index in [9.17, 15) is 4.79 Å². The van der Waals surface area contributed by atoms with Crippen molar-refractivity contribution in [3.05, 3.63) is 70.2 Å². The molecule has 2 aromatic carbocycles. The van der Waals surface area contributed by atoms with Gasteiger partial charge in [0, 0.05) is 17.6 Å². The third-order valence-electron chi connectivity index (χ3n) is 3.86. The number of rotatable bonds is 4. The van der Waals surface area contributed by atoms with Crippen LogP contribution in [0.4, 0.5) is 4.79 Å². The summed E-state index contributed by atoms with van der Waals surface area (Å²) in [7, 11) is 0. The van der Waals surface area contributed by atoms with Gasteiger partial charge in [-0.15, -0.1) is 0 Å². The van der Waals surface area contributed by atoms with E-state index >= 15 is 0 Å². The monoisotopic (exact) mass is 359 g/mol. The minimum Gasteiger partial charge on any atom is -0.445 e. The number of benzene rings is 2. The number of ether oxygens (including phenoxy) is 1. The Morgan fingerprint density at radius 3 is 2.41 bits per heavy atom. The van der Waals surface area contributed by atoms with Crippen LogP contribution in [0.5, 0.6) is 0 Å². The van der Waals surface area contributed by atoms with Crippen molar-refractivity contribution < 1.29 is 9.53 Å². The van der Waals surface area contributed by atoms with Gasteiger partial charge in [-0.1, -0.05) is 58.4 Å². The molecule has 1 fully saturated rings. The lowest BCUT2D eigenvalue weighted by Crippen LogP contribution is -2.50. The molecule has 0 aromatic heterocycles. The Kier molecular flexibility index (Phi) is 4.78. The van der Waals surface area contributed by atoms with E-state index < -0.39 is 0 Å². The lowest BCUT2D eigenvalue weighted by atomic mass is 9.93. The first-order valence-corrected chi connectivity index (χ1v) is 8.20. The van der Waals surface area contributed by atoms with Crippen molar-refractivity contribution >= 4 is 22.0 Å². The van der Waals surface area contributed by atoms with Gasteiger partial charge in [-0.3, -0.25) is 0 Å². The molecule has 1 aliphatic heterocycles. The SMILES string of the molecule is O=C(OCc1ccccc1)N1CC(Cc2ccc(Br)cc2)C1. The Labute approximate surface area is 139 Å². The quantitative estimate of drug-likeness (QED) is 0.815. The first kappa shape index (κ1) is 15.1. The molecule has 0 unspecified atom stereocenters. The summed E-state index contributed by atoms with van der Waals surface area (Å²) in [5, 5.41) is 0. The van der Waals surface area contributed by atoms with E-state index in [-0.39, 0.29) is 6.09 Å². The fourth-order valence-electron chi connectivity index (χ4n) is 2.61. The molecule has 2 aromatic rings. The van der Waals surface area contributed by atoms with Crippen LogP contribution in [-0.2, 0) is 17.8 Å². The van der Waals surface area contributed by atoms with Gasteiger partial charge in [0.05, 0.1) is 0 Å². The number of likely N-dealkylation sites (tertiary alicyclic amines) is 1. The van der Waals surface area contributed by atoms with Crippen molar-refractivity contribution in [2.45, 2.75) is 13.0 Å². The molecule has 0 atom stereocenters. The molecular formula is C18H18BrNO2. The summed E-state index contributed by atoms with van der Waals surface area (Å²) < 4.78 is 6.42. The summed E-state index contributed by atoms with van der Waals surface area (Å²) in [6.07, 6.45) is 0.798. The fraction of sp³-hybridized carbons (Fsp3) is 0.278. The molecule has 0 N–H and O–H groups in total. The van der Waals surface area contributed by atoms with Gasteiger partial charge in [0.15, 0.2) is 0 Å². The molecule has 3 rings (SSSR count). The molecule has 1 amide bonds. The lowest BCUT2D eigenvalue weighted by molar-refractivity contribution is 0.0496. The van der Waals surface area contributed by atoms with Crippen LogP contribution in [0.1, 0.15) is 11.1 Å². The Hall–Kier alpha value is -1.81. The Morgan fingerprint density at radius 1 is 1.05 bits per heavy atom. The second kappa shape index (κ2) is 6.97. The van der Waals surface area contributed by atoms with Gasteiger partial charge in [-0.25, -0.2) is 4.79 Å². The van der Waals surface area contributed by atoms with Crippen molar-refractivity contribution in [1.29, 1.82) is 0 Å². The summed E-state index contributed by atoms with van der Waals surface area (Å²) in [4.78, 5) is 13.7. The van der Waals surface area contributed by atoms with Crippen molar-refractivity contribution in [2.24, 2.45) is 5.92 Å². The van der Waals surface area contributed by atoms with Gasteiger partial charge in [0.2, 0.25) is 0 Å². The maximum absolute atomic E-state index is 11.9. The first-order chi connectivity index (χ1) is 10.7. The molecule has 0 radical (unpaired) electrons. The highest BCUT2D eigenvalue weighted by atomic mass is 79.9. The van der Waals surface area contributed by atoms with Gasteiger partial charge >= 0.3 is 6.09 Å². The fourth-order valence-corrected chi connectivity index (χ4v) is 2.88. The molecule has 0 bridgehead atoms. The average molecular weight is 360 g/mol. The zero-order valence-corrected chi connectivity index (χ0v) is 13.8. The summed E-state index contributed by atoms with van der Waals surface area (Å²) >= 11 is 3.44. The molecule has 0 aliphatic carbocycles. The molecular weight excluding hydrogens is 342 g/mol. The van der Waals surface area contributed by atoms with E-state index in [1.807, 2.05) is 30.3 Å². The minimum absolute atomic E-state index is 0.212. The third-order valence-corrected chi connectivity index (χ3v) is 4.39. The molecule has 22 heavy (non-hydrogen) atoms. The van der Waals surface area contributed by atoms with Gasteiger partial charge in [-0.2, -0.15) is 0 Å². The number of hydrogen-bond acceptors (Lipinski definition) is 2. The van der Waals surface area contributed by atoms with Crippen LogP contribution in [0, 0.1) is 5.92 Å². The predicted octanol–water partition coefficient (Wildman–Crippen LogP) is 4.26. The molecule has 1 aliphatic rings. The molecule has 1 saturated heterocycles. The Morgan fingerprint density at radius 2 is 1.73 bits per heavy atom. The van der Waals surface area contributed by atoms with E-state index in [0.29, 0.717) is 12.5 Å². The zero-order valence-electron chi connectivity index (χ0n) is 12.2. The number of hydrogen-bond donors (Lipinski definition) is 0. The average Bonchev–Trinajstić information content (AvgIpc) is 2.51. The second-order valence-electron chi connectivity index (χ2n) is 5.64. The Balaban J connectivity index is 1.41. The number of nitrogens with zero attached hydrogens (tertiary/aromatic N) is 1. The van der Waals surface area contributed by atoms with Crippen molar-refractivity contribution in [1.82, 2.24) is 4.90 Å². The number of amides is 1. The number of carbonyl (C=O) groups is 1. The van der Waals surface area contributed by atoms with Gasteiger partial charge in [0.1, 0.15) is 6.61 Å². The molecule has 3 nitrogen and oxygen atoms in total. The van der Waals surface area contributed by atoms with Crippen molar-refractivity contribution in [3.63, 3.8) is 0 Å². The van der Waals surface area contributed by atoms with Gasteiger partial charge < -0.3 is 9.64 Å². The lowest BCUT2D eigenvalue weighted by Gasteiger charge is -2.38. The number of halogens is 1. The number of carbonyl (C=O) groups excluding carboxylic acids is 1. The van der Waals surface area contributed by atoms with Crippen molar-refractivity contribution in [2.75, 3.05) is 13.1 Å².